The molecule has 0 radical (unpaired) electrons. The van der Waals surface area contributed by atoms with Crippen LogP contribution in [-0.2, 0) is 14.3 Å². The van der Waals surface area contributed by atoms with E-state index in [1.807, 2.05) is 6.07 Å². The fourth-order valence-electron chi connectivity index (χ4n) is 2.23. The van der Waals surface area contributed by atoms with Crippen LogP contribution in [0.15, 0.2) is 54.6 Å². The minimum Gasteiger partial charge on any atom is -0.444 e. The SMILES string of the molecule is CC(=O)Nc1cccc(C(=O)O[C@H](C(=O)N(C)C)c2ccccc2)c1. The topological polar surface area (TPSA) is 75.7 Å². The Balaban J connectivity index is 2.25. The summed E-state index contributed by atoms with van der Waals surface area (Å²) >= 11 is 0. The second-order valence-corrected chi connectivity index (χ2v) is 5.69. The third-order valence-corrected chi connectivity index (χ3v) is 3.41. The van der Waals surface area contributed by atoms with Crippen LogP contribution in [-0.4, -0.2) is 36.8 Å². The van der Waals surface area contributed by atoms with Gasteiger partial charge < -0.3 is 15.0 Å². The van der Waals surface area contributed by atoms with E-state index in [2.05, 4.69) is 5.32 Å². The number of rotatable bonds is 5. The Morgan fingerprint density at radius 3 is 2.28 bits per heavy atom. The highest BCUT2D eigenvalue weighted by Crippen LogP contribution is 2.22. The summed E-state index contributed by atoms with van der Waals surface area (Å²) in [5.41, 5.74) is 1.32. The lowest BCUT2D eigenvalue weighted by Gasteiger charge is -2.21. The number of benzene rings is 2. The van der Waals surface area contributed by atoms with E-state index in [0.29, 0.717) is 11.3 Å². The van der Waals surface area contributed by atoms with Gasteiger partial charge in [-0.05, 0) is 18.2 Å². The van der Waals surface area contributed by atoms with Gasteiger partial charge in [0, 0.05) is 32.3 Å². The number of ether oxygens (including phenoxy) is 1. The Morgan fingerprint density at radius 1 is 1.00 bits per heavy atom. The highest BCUT2D eigenvalue weighted by Gasteiger charge is 2.27. The molecular weight excluding hydrogens is 320 g/mol. The molecule has 1 atom stereocenters. The second-order valence-electron chi connectivity index (χ2n) is 5.69. The summed E-state index contributed by atoms with van der Waals surface area (Å²) < 4.78 is 5.46. The third kappa shape index (κ3) is 4.91. The number of nitrogens with zero attached hydrogens (tertiary/aromatic N) is 1. The summed E-state index contributed by atoms with van der Waals surface area (Å²) in [4.78, 5) is 37.4. The lowest BCUT2D eigenvalue weighted by Crippen LogP contribution is -2.31. The number of hydrogen-bond acceptors (Lipinski definition) is 4. The molecule has 0 heterocycles. The highest BCUT2D eigenvalue weighted by molar-refractivity contribution is 5.95. The van der Waals surface area contributed by atoms with E-state index >= 15 is 0 Å². The van der Waals surface area contributed by atoms with Gasteiger partial charge in [0.05, 0.1) is 5.56 Å². The fraction of sp³-hybridized carbons (Fsp3) is 0.211. The Morgan fingerprint density at radius 2 is 1.68 bits per heavy atom. The maximum Gasteiger partial charge on any atom is 0.339 e. The van der Waals surface area contributed by atoms with E-state index in [1.165, 1.54) is 17.9 Å². The highest BCUT2D eigenvalue weighted by atomic mass is 16.5. The third-order valence-electron chi connectivity index (χ3n) is 3.41. The van der Waals surface area contributed by atoms with E-state index in [9.17, 15) is 14.4 Å². The zero-order valence-corrected chi connectivity index (χ0v) is 14.4. The minimum absolute atomic E-state index is 0.240. The normalized spacial score (nSPS) is 11.3. The number of hydrogen-bond donors (Lipinski definition) is 1. The zero-order valence-electron chi connectivity index (χ0n) is 14.4. The molecular formula is C19H20N2O4. The zero-order chi connectivity index (χ0) is 18.4. The molecule has 6 nitrogen and oxygen atoms in total. The number of likely N-dealkylation sites (N-methyl/N-ethyl adjacent to an activating group) is 1. The van der Waals surface area contributed by atoms with Crippen molar-refractivity contribution in [2.24, 2.45) is 0 Å². The van der Waals surface area contributed by atoms with Gasteiger partial charge >= 0.3 is 5.97 Å². The number of anilines is 1. The second kappa shape index (κ2) is 8.10. The smallest absolute Gasteiger partial charge is 0.339 e. The Labute approximate surface area is 146 Å². The lowest BCUT2D eigenvalue weighted by molar-refractivity contribution is -0.138. The maximum atomic E-state index is 12.5. The maximum absolute atomic E-state index is 12.5. The van der Waals surface area contributed by atoms with Crippen molar-refractivity contribution >= 4 is 23.5 Å². The molecule has 0 spiro atoms. The molecule has 2 aromatic rings. The Bertz CT molecular complexity index is 772. The lowest BCUT2D eigenvalue weighted by atomic mass is 10.1. The van der Waals surface area contributed by atoms with Crippen molar-refractivity contribution in [3.05, 3.63) is 65.7 Å². The molecule has 2 aromatic carbocycles. The average molecular weight is 340 g/mol. The first kappa shape index (κ1) is 18.2. The van der Waals surface area contributed by atoms with E-state index in [-0.39, 0.29) is 17.4 Å². The number of carbonyl (C=O) groups is 3. The molecule has 0 aliphatic carbocycles. The molecule has 0 aromatic heterocycles. The summed E-state index contributed by atoms with van der Waals surface area (Å²) in [6.07, 6.45) is -1.03. The monoisotopic (exact) mass is 340 g/mol. The summed E-state index contributed by atoms with van der Waals surface area (Å²) in [5, 5.41) is 2.60. The summed E-state index contributed by atoms with van der Waals surface area (Å²) in [7, 11) is 3.20. The largest absolute Gasteiger partial charge is 0.444 e. The van der Waals surface area contributed by atoms with Crippen LogP contribution >= 0.6 is 0 Å². The summed E-state index contributed by atoms with van der Waals surface area (Å²) in [5.74, 6) is -1.22. The van der Waals surface area contributed by atoms with Crippen molar-refractivity contribution in [3.63, 3.8) is 0 Å². The molecule has 0 fully saturated rings. The number of amides is 2. The van der Waals surface area contributed by atoms with Gasteiger partial charge in [-0.2, -0.15) is 0 Å². The molecule has 6 heteroatoms. The molecule has 0 bridgehead atoms. The van der Waals surface area contributed by atoms with Crippen LogP contribution in [0, 0.1) is 0 Å². The average Bonchev–Trinajstić information content (AvgIpc) is 2.59. The van der Waals surface area contributed by atoms with Gasteiger partial charge in [0.1, 0.15) is 0 Å². The summed E-state index contributed by atoms with van der Waals surface area (Å²) in [6, 6.07) is 15.2. The summed E-state index contributed by atoms with van der Waals surface area (Å²) in [6.45, 7) is 1.38. The van der Waals surface area contributed by atoms with Gasteiger partial charge in [-0.15, -0.1) is 0 Å². The van der Waals surface area contributed by atoms with Gasteiger partial charge in [0.15, 0.2) is 0 Å². The molecule has 25 heavy (non-hydrogen) atoms. The van der Waals surface area contributed by atoms with Gasteiger partial charge in [-0.25, -0.2) is 4.79 Å². The van der Waals surface area contributed by atoms with Crippen molar-refractivity contribution in [1.82, 2.24) is 4.90 Å². The molecule has 130 valence electrons. The molecule has 2 rings (SSSR count). The molecule has 2 amide bonds. The van der Waals surface area contributed by atoms with Crippen molar-refractivity contribution in [1.29, 1.82) is 0 Å². The fourth-order valence-corrected chi connectivity index (χ4v) is 2.23. The molecule has 0 aliphatic rings. The molecule has 1 N–H and O–H groups in total. The van der Waals surface area contributed by atoms with E-state index in [4.69, 9.17) is 4.74 Å². The van der Waals surface area contributed by atoms with Crippen LogP contribution in [0.5, 0.6) is 0 Å². The first-order valence-corrected chi connectivity index (χ1v) is 7.73. The van der Waals surface area contributed by atoms with Crippen LogP contribution in [0.3, 0.4) is 0 Å². The number of carbonyl (C=O) groups excluding carboxylic acids is 3. The molecule has 0 saturated heterocycles. The first-order chi connectivity index (χ1) is 11.9. The molecule has 0 unspecified atom stereocenters. The van der Waals surface area contributed by atoms with E-state index in [1.54, 1.807) is 56.6 Å². The standard InChI is InChI=1S/C19H20N2O4/c1-13(22)20-16-11-7-10-15(12-16)19(24)25-17(18(23)21(2)3)14-8-5-4-6-9-14/h4-12,17H,1-3H3,(H,20,22)/t17-/m0/s1. The van der Waals surface area contributed by atoms with Crippen molar-refractivity contribution in [2.45, 2.75) is 13.0 Å². The number of esters is 1. The number of nitrogens with one attached hydrogen (secondary N) is 1. The van der Waals surface area contributed by atoms with E-state index < -0.39 is 12.1 Å². The first-order valence-electron chi connectivity index (χ1n) is 7.73. The van der Waals surface area contributed by atoms with Crippen LogP contribution < -0.4 is 5.32 Å². The van der Waals surface area contributed by atoms with E-state index in [0.717, 1.165) is 0 Å². The van der Waals surface area contributed by atoms with Crippen molar-refractivity contribution in [3.8, 4) is 0 Å². The quantitative estimate of drug-likeness (QED) is 0.849. The van der Waals surface area contributed by atoms with Crippen molar-refractivity contribution < 1.29 is 19.1 Å². The van der Waals surface area contributed by atoms with Crippen LogP contribution in [0.25, 0.3) is 0 Å². The van der Waals surface area contributed by atoms with Crippen LogP contribution in [0.2, 0.25) is 0 Å². The predicted molar refractivity (Wildman–Crippen MR) is 94.0 cm³/mol. The predicted octanol–water partition coefficient (Wildman–Crippen LogP) is 2.63. The Kier molecular flexibility index (Phi) is 5.89. The van der Waals surface area contributed by atoms with Gasteiger partial charge in [-0.1, -0.05) is 36.4 Å². The molecule has 0 aliphatic heterocycles. The van der Waals surface area contributed by atoms with Crippen molar-refractivity contribution in [2.75, 3.05) is 19.4 Å². The molecule has 0 saturated carbocycles. The van der Waals surface area contributed by atoms with Gasteiger partial charge in [0.2, 0.25) is 12.0 Å². The van der Waals surface area contributed by atoms with Gasteiger partial charge in [0.25, 0.3) is 5.91 Å². The van der Waals surface area contributed by atoms with Crippen LogP contribution in [0.4, 0.5) is 5.69 Å². The van der Waals surface area contributed by atoms with Gasteiger partial charge in [-0.3, -0.25) is 9.59 Å². The van der Waals surface area contributed by atoms with Crippen LogP contribution in [0.1, 0.15) is 28.9 Å². The Hall–Kier alpha value is -3.15. The minimum atomic E-state index is -1.03.